The fourth-order valence-electron chi connectivity index (χ4n) is 6.49. The minimum Gasteiger partial charge on any atom is -0.480 e. The molecule has 1 aliphatic heterocycles. The van der Waals surface area contributed by atoms with Gasteiger partial charge in [0.2, 0.25) is 11.8 Å². The third-order valence-corrected chi connectivity index (χ3v) is 9.62. The summed E-state index contributed by atoms with van der Waals surface area (Å²) in [6.45, 7) is 15.1. The number of unbranched alkanes of at least 4 members (excludes halogenated alkanes) is 2. The van der Waals surface area contributed by atoms with Gasteiger partial charge in [-0.1, -0.05) is 0 Å². The maximum absolute atomic E-state index is 13.2. The van der Waals surface area contributed by atoms with Gasteiger partial charge in [-0.15, -0.1) is 12.6 Å². The quantitative estimate of drug-likeness (QED) is 0.0201. The van der Waals surface area contributed by atoms with Crippen molar-refractivity contribution in [2.45, 2.75) is 129 Å². The van der Waals surface area contributed by atoms with Crippen LogP contribution in [0.2, 0.25) is 0 Å². The van der Waals surface area contributed by atoms with Crippen LogP contribution in [0.15, 0.2) is 0 Å². The number of esters is 3. The van der Waals surface area contributed by atoms with Crippen LogP contribution in [0.3, 0.4) is 0 Å². The van der Waals surface area contributed by atoms with E-state index in [2.05, 4.69) is 33.9 Å². The van der Waals surface area contributed by atoms with Crippen molar-refractivity contribution < 1.29 is 72.7 Å². The molecular weight excluding hydrogens is 901 g/mol. The van der Waals surface area contributed by atoms with Crippen molar-refractivity contribution >= 4 is 66.3 Å². The third kappa shape index (κ3) is 31.8. The highest BCUT2D eigenvalue weighted by molar-refractivity contribution is 7.81. The van der Waals surface area contributed by atoms with Gasteiger partial charge in [0, 0.05) is 78.3 Å². The van der Waals surface area contributed by atoms with Gasteiger partial charge in [0.05, 0.1) is 26.2 Å². The summed E-state index contributed by atoms with van der Waals surface area (Å²) in [6.07, 6.45) is 1.07. The second kappa shape index (κ2) is 29.9. The van der Waals surface area contributed by atoms with Gasteiger partial charge in [-0.2, -0.15) is 0 Å². The topological polar surface area (TPSA) is 303 Å². The highest BCUT2D eigenvalue weighted by Crippen LogP contribution is 2.17. The number of carbonyl (C=O) groups is 9. The minimum atomic E-state index is -1.32. The van der Waals surface area contributed by atoms with E-state index in [0.29, 0.717) is 45.4 Å². The Kier molecular flexibility index (Phi) is 26.8. The third-order valence-electron chi connectivity index (χ3n) is 9.53. The molecule has 0 aromatic heterocycles. The summed E-state index contributed by atoms with van der Waals surface area (Å²) in [4.78, 5) is 118. The molecule has 0 saturated carbocycles. The molecule has 0 radical (unpaired) electrons. The van der Waals surface area contributed by atoms with E-state index in [1.165, 1.54) is 13.8 Å². The van der Waals surface area contributed by atoms with Crippen molar-refractivity contribution in [1.82, 2.24) is 40.9 Å². The molecule has 0 aromatic rings. The molecule has 1 heterocycles. The number of thiol groups is 1. The lowest BCUT2D eigenvalue weighted by atomic mass is 10.1. The Labute approximate surface area is 399 Å². The number of rotatable bonds is 25. The number of hydrogen-bond donors (Lipinski definition) is 8. The Balaban J connectivity index is 2.74. The normalized spacial score (nSPS) is 16.2. The van der Waals surface area contributed by atoms with Crippen LogP contribution < -0.4 is 21.3 Å². The standard InChI is InChI=1S/C43H76N8O15S/c1-41(2,3)64-37(60)15-13-31(39(62)66-43(7,8)67)47-40(63)46-30(38(61)65-42(4,5)6)12-14-32(52)44-16-10-9-11-17-45-33(53)26-48-18-20-49(27-34(54)55)22-24-51(29-36(58)59)25-23-50(21-19-48)28-35(56)57/h30-31,67H,9-29H2,1-8H3,(H,44,52)(H,45,53)(H,54,55)(H,56,57)(H,58,59)(H2,46,47,63)/t30-,31-/m0/s1. The van der Waals surface area contributed by atoms with Gasteiger partial charge in [-0.05, 0) is 87.5 Å². The molecule has 67 heavy (non-hydrogen) atoms. The zero-order chi connectivity index (χ0) is 51.0. The van der Waals surface area contributed by atoms with Gasteiger partial charge in [0.15, 0.2) is 0 Å². The summed E-state index contributed by atoms with van der Waals surface area (Å²) in [5.74, 6) is -6.09. The molecule has 24 heteroatoms. The minimum absolute atomic E-state index is 0.0144. The molecule has 2 atom stereocenters. The van der Waals surface area contributed by atoms with Crippen molar-refractivity contribution in [3.63, 3.8) is 0 Å². The van der Waals surface area contributed by atoms with E-state index >= 15 is 0 Å². The fourth-order valence-corrected chi connectivity index (χ4v) is 6.58. The van der Waals surface area contributed by atoms with Crippen LogP contribution in [0, 0.1) is 0 Å². The summed E-state index contributed by atoms with van der Waals surface area (Å²) in [5, 5.41) is 38.8. The SMILES string of the molecule is CC(C)(C)OC(=O)CC[C@H](NC(=O)N[C@@H](CCC(=O)NCCCCCNC(=O)CN1CCN(CC(=O)O)CCN(CC(=O)O)CCN(CC(=O)O)CC1)C(=O)OC(C)(C)C)C(=O)OC(C)(C)S. The van der Waals surface area contributed by atoms with Crippen molar-refractivity contribution in [2.24, 2.45) is 0 Å². The van der Waals surface area contributed by atoms with Crippen molar-refractivity contribution in [3.8, 4) is 0 Å². The number of carbonyl (C=O) groups excluding carboxylic acids is 6. The summed E-state index contributed by atoms with van der Waals surface area (Å²) in [6, 6.07) is -3.55. The number of urea groups is 1. The van der Waals surface area contributed by atoms with Crippen molar-refractivity contribution in [2.75, 3.05) is 91.6 Å². The Morgan fingerprint density at radius 2 is 0.866 bits per heavy atom. The average molecular weight is 977 g/mol. The Morgan fingerprint density at radius 1 is 0.507 bits per heavy atom. The number of carboxylic acid groups (broad SMARTS) is 3. The number of nitrogens with one attached hydrogen (secondary N) is 4. The predicted molar refractivity (Wildman–Crippen MR) is 247 cm³/mol. The van der Waals surface area contributed by atoms with Crippen molar-refractivity contribution in [1.29, 1.82) is 0 Å². The van der Waals surface area contributed by atoms with Crippen LogP contribution in [-0.4, -0.2) is 208 Å². The molecule has 0 aliphatic carbocycles. The Hall–Kier alpha value is -4.78. The number of amides is 4. The van der Waals surface area contributed by atoms with Crippen molar-refractivity contribution in [3.05, 3.63) is 0 Å². The maximum Gasteiger partial charge on any atom is 0.330 e. The van der Waals surface area contributed by atoms with E-state index < -0.39 is 76.0 Å². The molecule has 1 fully saturated rings. The lowest BCUT2D eigenvalue weighted by Gasteiger charge is -2.32. The maximum atomic E-state index is 13.2. The molecule has 1 saturated heterocycles. The highest BCUT2D eigenvalue weighted by atomic mass is 32.1. The van der Waals surface area contributed by atoms with E-state index in [9.17, 15) is 58.5 Å². The van der Waals surface area contributed by atoms with E-state index in [-0.39, 0.29) is 97.0 Å². The van der Waals surface area contributed by atoms with Crippen LogP contribution >= 0.6 is 12.6 Å². The lowest BCUT2D eigenvalue weighted by molar-refractivity contribution is -0.158. The van der Waals surface area contributed by atoms with Gasteiger partial charge >= 0.3 is 41.8 Å². The number of carboxylic acids is 3. The number of nitrogens with zero attached hydrogens (tertiary/aromatic N) is 4. The molecule has 7 N–H and O–H groups in total. The molecule has 23 nitrogen and oxygen atoms in total. The Morgan fingerprint density at radius 3 is 1.24 bits per heavy atom. The molecule has 1 rings (SSSR count). The predicted octanol–water partition coefficient (Wildman–Crippen LogP) is 0.354. The molecule has 0 bridgehead atoms. The van der Waals surface area contributed by atoms with Crippen LogP contribution in [0.5, 0.6) is 0 Å². The van der Waals surface area contributed by atoms with Crippen LogP contribution in [0.25, 0.3) is 0 Å². The molecule has 0 unspecified atom stereocenters. The van der Waals surface area contributed by atoms with Crippen LogP contribution in [-0.2, 0) is 52.6 Å². The first-order valence-corrected chi connectivity index (χ1v) is 23.0. The molecular formula is C43H76N8O15S. The van der Waals surface area contributed by atoms with E-state index in [1.807, 2.05) is 4.90 Å². The van der Waals surface area contributed by atoms with Crippen LogP contribution in [0.1, 0.15) is 100 Å². The van der Waals surface area contributed by atoms with E-state index in [0.717, 1.165) is 0 Å². The molecule has 4 amide bonds. The van der Waals surface area contributed by atoms with Crippen LogP contribution in [0.4, 0.5) is 4.79 Å². The molecule has 0 aromatic carbocycles. The number of aliphatic carboxylic acids is 3. The summed E-state index contributed by atoms with van der Waals surface area (Å²) in [7, 11) is 0. The Bertz CT molecular complexity index is 1620. The van der Waals surface area contributed by atoms with E-state index in [4.69, 9.17) is 14.2 Å². The second-order valence-electron chi connectivity index (χ2n) is 18.8. The zero-order valence-electron chi connectivity index (χ0n) is 40.5. The van der Waals surface area contributed by atoms with Gasteiger partial charge in [0.25, 0.3) is 0 Å². The van der Waals surface area contributed by atoms with E-state index in [1.54, 1.807) is 56.2 Å². The first-order valence-electron chi connectivity index (χ1n) is 22.6. The molecule has 384 valence electrons. The average Bonchev–Trinajstić information content (AvgIpc) is 3.15. The monoisotopic (exact) mass is 977 g/mol. The second-order valence-corrected chi connectivity index (χ2v) is 19.9. The molecule has 1 aliphatic rings. The summed E-state index contributed by atoms with van der Waals surface area (Å²) >= 11 is 4.21. The fraction of sp³-hybridized carbons (Fsp3) is 0.791. The smallest absolute Gasteiger partial charge is 0.330 e. The van der Waals surface area contributed by atoms with Gasteiger partial charge in [-0.3, -0.25) is 48.4 Å². The van der Waals surface area contributed by atoms with Gasteiger partial charge < -0.3 is 50.8 Å². The largest absolute Gasteiger partial charge is 0.480 e. The van der Waals surface area contributed by atoms with Gasteiger partial charge in [-0.25, -0.2) is 14.4 Å². The zero-order valence-corrected chi connectivity index (χ0v) is 41.4. The molecule has 0 spiro atoms. The summed E-state index contributed by atoms with van der Waals surface area (Å²) in [5.41, 5.74) is -1.70. The number of hydrogen-bond acceptors (Lipinski definition) is 17. The number of ether oxygens (including phenoxy) is 3. The van der Waals surface area contributed by atoms with Gasteiger partial charge in [0.1, 0.15) is 28.2 Å². The first kappa shape index (κ1) is 60.2. The highest BCUT2D eigenvalue weighted by Gasteiger charge is 2.32. The summed E-state index contributed by atoms with van der Waals surface area (Å²) < 4.78 is 16.1. The first-order chi connectivity index (χ1) is 31.0. The lowest BCUT2D eigenvalue weighted by Crippen LogP contribution is -2.53.